The fourth-order valence-electron chi connectivity index (χ4n) is 1.62. The molecule has 0 saturated heterocycles. The average Bonchev–Trinajstić information content (AvgIpc) is 2.41. The van der Waals surface area contributed by atoms with Crippen LogP contribution in [-0.2, 0) is 0 Å². The topological polar surface area (TPSA) is 54.3 Å². The number of nitrogens with one attached hydrogen (secondary N) is 1. The van der Waals surface area contributed by atoms with Crippen molar-refractivity contribution in [3.05, 3.63) is 18.2 Å². The van der Waals surface area contributed by atoms with E-state index in [-0.39, 0.29) is 0 Å². The van der Waals surface area contributed by atoms with Crippen LogP contribution in [0.15, 0.2) is 18.2 Å². The van der Waals surface area contributed by atoms with E-state index in [9.17, 15) is 13.2 Å². The van der Waals surface area contributed by atoms with E-state index in [1.807, 2.05) is 6.92 Å². The molecule has 0 spiro atoms. The van der Waals surface area contributed by atoms with Gasteiger partial charge in [-0.2, -0.15) is 18.4 Å². The lowest BCUT2D eigenvalue weighted by molar-refractivity contribution is -0.155. The van der Waals surface area contributed by atoms with E-state index in [0.717, 1.165) is 0 Å². The lowest BCUT2D eigenvalue weighted by Crippen LogP contribution is -2.28. The monoisotopic (exact) mass is 302 g/mol. The molecule has 1 aromatic rings. The van der Waals surface area contributed by atoms with Crippen LogP contribution in [0.25, 0.3) is 0 Å². The molecule has 0 heterocycles. The number of hydrogen-bond donors (Lipinski definition) is 1. The van der Waals surface area contributed by atoms with Gasteiger partial charge in [0.15, 0.2) is 17.4 Å². The number of ether oxygens (including phenoxy) is 2. The number of halogens is 3. The van der Waals surface area contributed by atoms with Gasteiger partial charge in [0.2, 0.25) is 0 Å². The normalized spacial score (nSPS) is 12.4. The summed E-state index contributed by atoms with van der Waals surface area (Å²) < 4.78 is 48.2. The summed E-state index contributed by atoms with van der Waals surface area (Å²) in [6.07, 6.45) is -4.55. The van der Waals surface area contributed by atoms with Gasteiger partial charge in [0, 0.05) is 18.3 Å². The van der Waals surface area contributed by atoms with Crippen molar-refractivity contribution in [3.63, 3.8) is 0 Å². The molecule has 0 aromatic heterocycles. The second-order valence-electron chi connectivity index (χ2n) is 4.13. The first kappa shape index (κ1) is 17.0. The Hall–Kier alpha value is -2.10. The summed E-state index contributed by atoms with van der Waals surface area (Å²) in [5, 5.41) is 11.1. The Labute approximate surface area is 121 Å². The maximum Gasteiger partial charge on any atom is 0.406 e. The third-order valence-corrected chi connectivity index (χ3v) is 2.60. The quantitative estimate of drug-likeness (QED) is 0.836. The van der Waals surface area contributed by atoms with Gasteiger partial charge in [0.25, 0.3) is 0 Å². The van der Waals surface area contributed by atoms with Crippen LogP contribution in [0.1, 0.15) is 13.8 Å². The van der Waals surface area contributed by atoms with Gasteiger partial charge in [-0.25, -0.2) is 0 Å². The number of hydrogen-bond acceptors (Lipinski definition) is 4. The van der Waals surface area contributed by atoms with Crippen LogP contribution in [0, 0.1) is 17.2 Å². The van der Waals surface area contributed by atoms with E-state index < -0.39 is 18.6 Å². The van der Waals surface area contributed by atoms with Gasteiger partial charge >= 0.3 is 6.18 Å². The van der Waals surface area contributed by atoms with Crippen molar-refractivity contribution in [2.45, 2.75) is 20.0 Å². The molecule has 0 radical (unpaired) electrons. The second kappa shape index (κ2) is 7.62. The zero-order valence-corrected chi connectivity index (χ0v) is 11.8. The van der Waals surface area contributed by atoms with E-state index in [1.165, 1.54) is 6.07 Å². The van der Waals surface area contributed by atoms with Crippen molar-refractivity contribution >= 4 is 5.69 Å². The van der Waals surface area contributed by atoms with Crippen molar-refractivity contribution in [1.29, 1.82) is 5.26 Å². The molecule has 21 heavy (non-hydrogen) atoms. The van der Waals surface area contributed by atoms with Crippen molar-refractivity contribution in [2.24, 2.45) is 5.92 Å². The van der Waals surface area contributed by atoms with E-state index >= 15 is 0 Å². The van der Waals surface area contributed by atoms with E-state index in [1.54, 1.807) is 25.1 Å². The van der Waals surface area contributed by atoms with E-state index in [0.29, 0.717) is 30.4 Å². The maximum absolute atomic E-state index is 12.5. The van der Waals surface area contributed by atoms with Crippen LogP contribution in [0.3, 0.4) is 0 Å². The predicted molar refractivity (Wildman–Crippen MR) is 72.4 cm³/mol. The average molecular weight is 302 g/mol. The third-order valence-electron chi connectivity index (χ3n) is 2.60. The molecule has 4 nitrogen and oxygen atoms in total. The van der Waals surface area contributed by atoms with Gasteiger partial charge in [0.05, 0.1) is 19.3 Å². The fraction of sp³-hybridized carbons (Fsp3) is 0.500. The van der Waals surface area contributed by atoms with E-state index in [2.05, 4.69) is 5.32 Å². The zero-order valence-electron chi connectivity index (χ0n) is 11.8. The molecule has 0 saturated carbocycles. The fourth-order valence-corrected chi connectivity index (χ4v) is 1.62. The molecule has 116 valence electrons. The van der Waals surface area contributed by atoms with Crippen LogP contribution in [0.2, 0.25) is 0 Å². The maximum atomic E-state index is 12.5. The molecule has 1 atom stereocenters. The highest BCUT2D eigenvalue weighted by molar-refractivity contribution is 5.54. The van der Waals surface area contributed by atoms with Crippen LogP contribution in [-0.4, -0.2) is 25.9 Å². The molecule has 0 amide bonds. The summed E-state index contributed by atoms with van der Waals surface area (Å²) in [7, 11) is 0. The number of nitriles is 1. The number of nitrogens with zero attached hydrogens (tertiary/aromatic N) is 1. The van der Waals surface area contributed by atoms with Gasteiger partial charge in [-0.1, -0.05) is 0 Å². The Morgan fingerprint density at radius 2 is 1.81 bits per heavy atom. The summed E-state index contributed by atoms with van der Waals surface area (Å²) in [6.45, 7) is 3.97. The first-order valence-electron chi connectivity index (χ1n) is 6.52. The van der Waals surface area contributed by atoms with Gasteiger partial charge < -0.3 is 14.8 Å². The lowest BCUT2D eigenvalue weighted by Gasteiger charge is -2.16. The highest BCUT2D eigenvalue weighted by Gasteiger charge is 2.39. The molecule has 1 N–H and O–H groups in total. The summed E-state index contributed by atoms with van der Waals surface area (Å²) >= 11 is 0. The molecule has 7 heteroatoms. The highest BCUT2D eigenvalue weighted by atomic mass is 19.4. The van der Waals surface area contributed by atoms with Crippen LogP contribution in [0.4, 0.5) is 18.9 Å². The van der Waals surface area contributed by atoms with Gasteiger partial charge in [0.1, 0.15) is 0 Å². The summed E-state index contributed by atoms with van der Waals surface area (Å²) in [5.41, 5.74) is 0.436. The van der Waals surface area contributed by atoms with Crippen molar-refractivity contribution < 1.29 is 22.6 Å². The molecule has 1 rings (SSSR count). The zero-order chi connectivity index (χ0) is 15.9. The van der Waals surface area contributed by atoms with Crippen molar-refractivity contribution in [2.75, 3.05) is 25.1 Å². The summed E-state index contributed by atoms with van der Waals surface area (Å²) in [4.78, 5) is 0. The molecule has 0 bridgehead atoms. The molecular formula is C14H17F3N2O2. The minimum absolute atomic E-state index is 0.410. The molecule has 0 fully saturated rings. The number of anilines is 1. The molecule has 0 aliphatic carbocycles. The smallest absolute Gasteiger partial charge is 0.406 e. The minimum Gasteiger partial charge on any atom is -0.490 e. The van der Waals surface area contributed by atoms with Crippen LogP contribution >= 0.6 is 0 Å². The lowest BCUT2D eigenvalue weighted by atomic mass is 10.1. The second-order valence-corrected chi connectivity index (χ2v) is 4.13. The minimum atomic E-state index is -4.55. The van der Waals surface area contributed by atoms with Gasteiger partial charge in [-0.3, -0.25) is 0 Å². The van der Waals surface area contributed by atoms with Crippen LogP contribution in [0.5, 0.6) is 11.5 Å². The van der Waals surface area contributed by atoms with Crippen LogP contribution < -0.4 is 14.8 Å². The van der Waals surface area contributed by atoms with Crippen molar-refractivity contribution in [3.8, 4) is 17.6 Å². The van der Waals surface area contributed by atoms with Gasteiger partial charge in [-0.05, 0) is 26.0 Å². The molecule has 1 aromatic carbocycles. The first-order chi connectivity index (χ1) is 9.92. The Morgan fingerprint density at radius 1 is 1.19 bits per heavy atom. The summed E-state index contributed by atoms with van der Waals surface area (Å²) in [6, 6.07) is 5.99. The first-order valence-corrected chi connectivity index (χ1v) is 6.52. The third kappa shape index (κ3) is 5.06. The van der Waals surface area contributed by atoms with Crippen molar-refractivity contribution in [1.82, 2.24) is 0 Å². The standard InChI is InChI=1S/C14H17F3N2O2/c1-3-20-12-6-5-11(7-13(12)21-4-2)19-9-10(8-18)14(15,16)17/h5-7,10,19H,3-4,9H2,1-2H3. The molecule has 1 unspecified atom stereocenters. The largest absolute Gasteiger partial charge is 0.490 e. The number of rotatable bonds is 7. The highest BCUT2D eigenvalue weighted by Crippen LogP contribution is 2.31. The Kier molecular flexibility index (Phi) is 6.15. The Balaban J connectivity index is 2.80. The molecular weight excluding hydrogens is 285 g/mol. The van der Waals surface area contributed by atoms with Gasteiger partial charge in [-0.15, -0.1) is 0 Å². The van der Waals surface area contributed by atoms with E-state index in [4.69, 9.17) is 14.7 Å². The predicted octanol–water partition coefficient (Wildman–Crippen LogP) is 3.60. The number of alkyl halides is 3. The number of benzene rings is 1. The molecule has 0 aliphatic heterocycles. The SMILES string of the molecule is CCOc1ccc(NCC(C#N)C(F)(F)F)cc1OCC. The molecule has 0 aliphatic rings. The Bertz CT molecular complexity index is 498. The summed E-state index contributed by atoms with van der Waals surface area (Å²) in [5.74, 6) is -1.08. The Morgan fingerprint density at radius 3 is 2.33 bits per heavy atom.